The monoisotopic (exact) mass is 925 g/mol. The molecule has 0 aliphatic carbocycles. The third-order valence-corrected chi connectivity index (χ3v) is 9.76. The van der Waals surface area contributed by atoms with Gasteiger partial charge in [-0.3, -0.25) is 24.0 Å². The molecule has 10 atom stereocenters. The fourth-order valence-corrected chi connectivity index (χ4v) is 6.89. The second-order valence-corrected chi connectivity index (χ2v) is 16.1. The highest BCUT2D eigenvalue weighted by molar-refractivity contribution is 6.76. The standard InChI is InChI=1S/C41H42Cl3NO17/c1-20(46)56-30-28(19-54-36(50)26-12-7-6-8-13-26)60-38(55-18-24-15-16-25-11-9-10-14-27(25)17-24)29(45-40(52)41(42,43)44)31(30)61-39-35(59-23(4)49)33(58-22(3)48)32(57-21(2)47)34(62-39)37(51)53-5/h6-17,28-35,38-39H,18-19H2,1-5H3,(H,45,52)/t28-,29-,30-,31-,32+,33+,34+,35-,38-,39-/m1/s1. The number of amides is 1. The van der Waals surface area contributed by atoms with E-state index in [4.69, 9.17) is 82.2 Å². The van der Waals surface area contributed by atoms with Gasteiger partial charge in [0.1, 0.15) is 24.9 Å². The first kappa shape index (κ1) is 48.0. The molecule has 0 spiro atoms. The van der Waals surface area contributed by atoms with Crippen molar-refractivity contribution in [3.05, 3.63) is 83.9 Å². The third-order valence-electron chi connectivity index (χ3n) is 9.25. The molecule has 0 aromatic heterocycles. The molecular weight excluding hydrogens is 885 g/mol. The van der Waals surface area contributed by atoms with Gasteiger partial charge < -0.3 is 52.7 Å². The molecular formula is C41H42Cl3NO17. The number of carbonyl (C=O) groups is 7. The molecule has 2 heterocycles. The Kier molecular flexibility index (Phi) is 16.5. The highest BCUT2D eigenvalue weighted by Gasteiger charge is 2.59. The lowest BCUT2D eigenvalue weighted by Crippen LogP contribution is -2.70. The maximum atomic E-state index is 13.5. The zero-order valence-electron chi connectivity index (χ0n) is 33.7. The smallest absolute Gasteiger partial charge is 0.339 e. The van der Waals surface area contributed by atoms with Gasteiger partial charge in [0.15, 0.2) is 43.1 Å². The molecule has 3 aromatic rings. The lowest BCUT2D eigenvalue weighted by molar-refractivity contribution is -0.343. The van der Waals surface area contributed by atoms with E-state index in [9.17, 15) is 33.6 Å². The fourth-order valence-electron chi connectivity index (χ4n) is 6.73. The number of alkyl halides is 3. The van der Waals surface area contributed by atoms with Gasteiger partial charge in [0, 0.05) is 27.7 Å². The highest BCUT2D eigenvalue weighted by Crippen LogP contribution is 2.36. The van der Waals surface area contributed by atoms with Crippen molar-refractivity contribution in [1.82, 2.24) is 5.32 Å². The normalized spacial score (nSPS) is 26.0. The van der Waals surface area contributed by atoms with E-state index >= 15 is 0 Å². The molecule has 0 unspecified atom stereocenters. The van der Waals surface area contributed by atoms with Crippen LogP contribution in [0.1, 0.15) is 43.6 Å². The average Bonchev–Trinajstić information content (AvgIpc) is 3.21. The van der Waals surface area contributed by atoms with Gasteiger partial charge in [-0.1, -0.05) is 89.4 Å². The molecule has 18 nitrogen and oxygen atoms in total. The maximum absolute atomic E-state index is 13.5. The molecule has 1 N–H and O–H groups in total. The van der Waals surface area contributed by atoms with Gasteiger partial charge in [0.2, 0.25) is 0 Å². The molecule has 62 heavy (non-hydrogen) atoms. The lowest BCUT2D eigenvalue weighted by atomic mass is 9.94. The number of halogens is 3. The number of carbonyl (C=O) groups excluding carboxylic acids is 7. The van der Waals surface area contributed by atoms with Crippen LogP contribution >= 0.6 is 34.8 Å². The molecule has 1 amide bonds. The molecule has 334 valence electrons. The Balaban J connectivity index is 1.64. The molecule has 3 aromatic carbocycles. The molecule has 2 saturated heterocycles. The minimum absolute atomic E-state index is 0.157. The van der Waals surface area contributed by atoms with E-state index < -0.39 is 113 Å². The Bertz CT molecular complexity index is 2120. The van der Waals surface area contributed by atoms with Gasteiger partial charge in [-0.2, -0.15) is 0 Å². The summed E-state index contributed by atoms with van der Waals surface area (Å²) in [6.07, 6.45) is -16.0. The summed E-state index contributed by atoms with van der Waals surface area (Å²) in [5.74, 6) is -7.08. The molecule has 0 bridgehead atoms. The van der Waals surface area contributed by atoms with Crippen LogP contribution in [0.25, 0.3) is 10.8 Å². The molecule has 2 fully saturated rings. The lowest BCUT2D eigenvalue weighted by Gasteiger charge is -2.49. The van der Waals surface area contributed by atoms with Crippen molar-refractivity contribution >= 4 is 87.3 Å². The Morgan fingerprint density at radius 1 is 0.661 bits per heavy atom. The van der Waals surface area contributed by atoms with Gasteiger partial charge in [0.05, 0.1) is 19.3 Å². The van der Waals surface area contributed by atoms with E-state index in [1.54, 1.807) is 24.3 Å². The number of hydrogen-bond donors (Lipinski definition) is 1. The molecule has 2 aliphatic heterocycles. The molecule has 5 rings (SSSR count). The van der Waals surface area contributed by atoms with Crippen molar-refractivity contribution < 1.29 is 80.9 Å². The zero-order chi connectivity index (χ0) is 45.3. The number of rotatable bonds is 14. The number of esters is 6. The van der Waals surface area contributed by atoms with E-state index in [-0.39, 0.29) is 12.2 Å². The van der Waals surface area contributed by atoms with E-state index in [2.05, 4.69) is 5.32 Å². The van der Waals surface area contributed by atoms with Crippen molar-refractivity contribution in [3.63, 3.8) is 0 Å². The van der Waals surface area contributed by atoms with Crippen LogP contribution in [0.15, 0.2) is 72.8 Å². The topological polar surface area (TPSA) is 224 Å². The maximum Gasteiger partial charge on any atom is 0.339 e. The molecule has 0 saturated carbocycles. The van der Waals surface area contributed by atoms with Crippen LogP contribution in [0.5, 0.6) is 0 Å². The first-order valence-corrected chi connectivity index (χ1v) is 19.9. The van der Waals surface area contributed by atoms with E-state index in [1.807, 2.05) is 36.4 Å². The van der Waals surface area contributed by atoms with E-state index in [0.717, 1.165) is 45.6 Å². The Hall–Kier alpha value is -5.08. The Labute approximate surface area is 369 Å². The van der Waals surface area contributed by atoms with Crippen molar-refractivity contribution in [2.75, 3.05) is 13.7 Å². The minimum atomic E-state index is -2.62. The fraction of sp³-hybridized carbons (Fsp3) is 0.439. The van der Waals surface area contributed by atoms with Crippen LogP contribution in [0.3, 0.4) is 0 Å². The summed E-state index contributed by atoms with van der Waals surface area (Å²) in [6, 6.07) is 19.2. The predicted molar refractivity (Wildman–Crippen MR) is 214 cm³/mol. The van der Waals surface area contributed by atoms with Crippen LogP contribution < -0.4 is 5.32 Å². The van der Waals surface area contributed by atoms with Crippen LogP contribution in [0.4, 0.5) is 0 Å². The van der Waals surface area contributed by atoms with Crippen LogP contribution in [-0.2, 0) is 82.7 Å². The number of methoxy groups -OCH3 is 1. The van der Waals surface area contributed by atoms with Crippen molar-refractivity contribution in [2.24, 2.45) is 0 Å². The molecule has 21 heteroatoms. The number of benzene rings is 3. The summed E-state index contributed by atoms with van der Waals surface area (Å²) < 4.78 is 55.1. The van der Waals surface area contributed by atoms with Crippen LogP contribution in [-0.4, -0.2) is 121 Å². The van der Waals surface area contributed by atoms with E-state index in [1.165, 1.54) is 12.1 Å². The SMILES string of the molecule is COC(=O)[C@H]1O[C@@H](O[C@@H]2[C@@H](NC(=O)C(Cl)(Cl)Cl)[C@H](OCc3ccc4ccccc4c3)O[C@H](COC(=O)c3ccccc3)[C@H]2OC(C)=O)[C@H](OC(C)=O)[C@@H](OC(C)=O)[C@@H]1OC(C)=O. The summed E-state index contributed by atoms with van der Waals surface area (Å²) in [5.41, 5.74) is 0.780. The highest BCUT2D eigenvalue weighted by atomic mass is 35.6. The largest absolute Gasteiger partial charge is 0.467 e. The second kappa shape index (κ2) is 21.3. The van der Waals surface area contributed by atoms with Crippen molar-refractivity contribution in [1.29, 1.82) is 0 Å². The Morgan fingerprint density at radius 2 is 1.24 bits per heavy atom. The summed E-state index contributed by atoms with van der Waals surface area (Å²) in [7, 11) is 0.988. The first-order chi connectivity index (χ1) is 29.4. The third kappa shape index (κ3) is 12.5. The number of hydrogen-bond acceptors (Lipinski definition) is 17. The van der Waals surface area contributed by atoms with Gasteiger partial charge in [-0.15, -0.1) is 0 Å². The summed E-state index contributed by atoms with van der Waals surface area (Å²) >= 11 is 18.0. The molecule has 2 aliphatic rings. The number of ether oxygens (including phenoxy) is 10. The van der Waals surface area contributed by atoms with Gasteiger partial charge in [0.25, 0.3) is 9.70 Å². The van der Waals surface area contributed by atoms with Crippen molar-refractivity contribution in [3.8, 4) is 0 Å². The zero-order valence-corrected chi connectivity index (χ0v) is 36.0. The van der Waals surface area contributed by atoms with Gasteiger partial charge in [-0.25, -0.2) is 9.59 Å². The second-order valence-electron chi connectivity index (χ2n) is 13.8. The van der Waals surface area contributed by atoms with E-state index in [0.29, 0.717) is 5.56 Å². The summed E-state index contributed by atoms with van der Waals surface area (Å²) in [5, 5.41) is 4.28. The van der Waals surface area contributed by atoms with Gasteiger partial charge >= 0.3 is 35.8 Å². The summed E-state index contributed by atoms with van der Waals surface area (Å²) in [6.45, 7) is 3.17. The van der Waals surface area contributed by atoms with Gasteiger partial charge in [-0.05, 0) is 34.5 Å². The van der Waals surface area contributed by atoms with Crippen LogP contribution in [0.2, 0.25) is 0 Å². The number of fused-ring (bicyclic) bond motifs is 1. The first-order valence-electron chi connectivity index (χ1n) is 18.8. The van der Waals surface area contributed by atoms with Crippen molar-refractivity contribution in [2.45, 2.75) is 99.4 Å². The quantitative estimate of drug-likeness (QED) is 0.138. The minimum Gasteiger partial charge on any atom is -0.467 e. The molecule has 0 radical (unpaired) electrons. The Morgan fingerprint density at radius 3 is 1.85 bits per heavy atom. The predicted octanol–water partition coefficient (Wildman–Crippen LogP) is 3.80. The summed E-state index contributed by atoms with van der Waals surface area (Å²) in [4.78, 5) is 90.3. The average molecular weight is 927 g/mol. The van der Waals surface area contributed by atoms with Crippen LogP contribution in [0, 0.1) is 0 Å². The number of nitrogens with one attached hydrogen (secondary N) is 1.